The van der Waals surface area contributed by atoms with E-state index in [1.165, 1.54) is 4.68 Å². The van der Waals surface area contributed by atoms with E-state index in [0.29, 0.717) is 32.7 Å². The van der Waals surface area contributed by atoms with Crippen LogP contribution in [0.4, 0.5) is 5.69 Å². The molecular formula is C24H19Cl2N3O2. The third kappa shape index (κ3) is 4.29. The molecule has 0 saturated heterocycles. The predicted molar refractivity (Wildman–Crippen MR) is 127 cm³/mol. The lowest BCUT2D eigenvalue weighted by atomic mass is 10.0. The van der Waals surface area contributed by atoms with Crippen LogP contribution in [0.25, 0.3) is 16.9 Å². The molecule has 0 unspecified atom stereocenters. The topological polar surface area (TPSA) is 59.4 Å². The molecule has 5 nitrogen and oxygen atoms in total. The van der Waals surface area contributed by atoms with Crippen molar-refractivity contribution in [2.24, 2.45) is 4.99 Å². The fourth-order valence-electron chi connectivity index (χ4n) is 3.31. The Morgan fingerprint density at radius 3 is 2.39 bits per heavy atom. The second kappa shape index (κ2) is 8.84. The highest BCUT2D eigenvalue weighted by Crippen LogP contribution is 2.30. The van der Waals surface area contributed by atoms with Gasteiger partial charge in [-0.2, -0.15) is 0 Å². The van der Waals surface area contributed by atoms with Crippen molar-refractivity contribution in [3.63, 3.8) is 0 Å². The van der Waals surface area contributed by atoms with Gasteiger partial charge in [0.05, 0.1) is 40.5 Å². The number of ether oxygens (including phenoxy) is 1. The zero-order valence-electron chi connectivity index (χ0n) is 16.9. The van der Waals surface area contributed by atoms with Crippen LogP contribution in [0.2, 0.25) is 10.0 Å². The number of nitrogens with zero attached hydrogens (tertiary/aromatic N) is 2. The van der Waals surface area contributed by atoms with Gasteiger partial charge in [-0.3, -0.25) is 14.9 Å². The maximum Gasteiger partial charge on any atom is 0.280 e. The van der Waals surface area contributed by atoms with Crippen LogP contribution in [0.3, 0.4) is 0 Å². The molecule has 0 aliphatic heterocycles. The van der Waals surface area contributed by atoms with Gasteiger partial charge in [0.2, 0.25) is 0 Å². The van der Waals surface area contributed by atoms with Crippen LogP contribution in [0.5, 0.6) is 5.75 Å². The summed E-state index contributed by atoms with van der Waals surface area (Å²) >= 11 is 12.4. The number of rotatable bonds is 5. The monoisotopic (exact) mass is 451 g/mol. The molecule has 0 spiro atoms. The van der Waals surface area contributed by atoms with Crippen molar-refractivity contribution in [1.29, 1.82) is 0 Å². The number of nitrogens with one attached hydrogen (secondary N) is 1. The highest BCUT2D eigenvalue weighted by Gasteiger charge is 2.19. The minimum atomic E-state index is -0.212. The summed E-state index contributed by atoms with van der Waals surface area (Å²) in [5.41, 5.74) is 3.46. The zero-order valence-corrected chi connectivity index (χ0v) is 18.4. The van der Waals surface area contributed by atoms with Gasteiger partial charge in [0.1, 0.15) is 5.75 Å². The first kappa shape index (κ1) is 21.0. The van der Waals surface area contributed by atoms with Gasteiger partial charge in [-0.05, 0) is 61.5 Å². The van der Waals surface area contributed by atoms with Crippen molar-refractivity contribution in [3.8, 4) is 22.7 Å². The van der Waals surface area contributed by atoms with Crippen LogP contribution < -0.4 is 10.3 Å². The van der Waals surface area contributed by atoms with Crippen LogP contribution >= 0.6 is 23.2 Å². The molecule has 31 heavy (non-hydrogen) atoms. The number of halogens is 2. The molecule has 0 saturated carbocycles. The van der Waals surface area contributed by atoms with E-state index < -0.39 is 0 Å². The Kier molecular flexibility index (Phi) is 5.98. The van der Waals surface area contributed by atoms with E-state index in [1.807, 2.05) is 54.6 Å². The Hall–Kier alpha value is -3.28. The molecule has 156 valence electrons. The molecule has 0 radical (unpaired) electrons. The summed E-state index contributed by atoms with van der Waals surface area (Å²) in [7, 11) is 1.61. The van der Waals surface area contributed by atoms with E-state index >= 15 is 0 Å². The summed E-state index contributed by atoms with van der Waals surface area (Å²) in [4.78, 5) is 18.1. The average molecular weight is 452 g/mol. The van der Waals surface area contributed by atoms with E-state index in [4.69, 9.17) is 27.9 Å². The molecule has 3 aromatic carbocycles. The normalized spacial score (nSPS) is 11.5. The second-order valence-electron chi connectivity index (χ2n) is 6.86. The molecule has 0 atom stereocenters. The number of benzene rings is 3. The lowest BCUT2D eigenvalue weighted by Gasteiger charge is -2.06. The van der Waals surface area contributed by atoms with Crippen LogP contribution in [0, 0.1) is 0 Å². The number of hydrogen-bond acceptors (Lipinski definition) is 3. The molecule has 0 aliphatic rings. The predicted octanol–water partition coefficient (Wildman–Crippen LogP) is 6.29. The second-order valence-corrected chi connectivity index (χ2v) is 7.70. The van der Waals surface area contributed by atoms with Crippen molar-refractivity contribution in [2.75, 3.05) is 7.11 Å². The van der Waals surface area contributed by atoms with Crippen molar-refractivity contribution in [3.05, 3.63) is 98.8 Å². The Bertz CT molecular complexity index is 1310. The maximum atomic E-state index is 13.4. The third-order valence-corrected chi connectivity index (χ3v) is 5.40. The van der Waals surface area contributed by atoms with Gasteiger partial charge in [0.15, 0.2) is 0 Å². The molecule has 0 fully saturated rings. The lowest BCUT2D eigenvalue weighted by molar-refractivity contribution is 0.415. The first-order chi connectivity index (χ1) is 15.0. The van der Waals surface area contributed by atoms with Gasteiger partial charge in [-0.25, -0.2) is 4.68 Å². The molecule has 7 heteroatoms. The molecule has 0 aliphatic carbocycles. The fraction of sp³-hybridized carbons (Fsp3) is 0.0833. The number of aromatic nitrogens is 2. The number of para-hydroxylation sites is 1. The third-order valence-electron chi connectivity index (χ3n) is 4.84. The summed E-state index contributed by atoms with van der Waals surface area (Å²) in [5.74, 6) is 0.728. The van der Waals surface area contributed by atoms with Crippen molar-refractivity contribution >= 4 is 34.6 Å². The first-order valence-electron chi connectivity index (χ1n) is 9.53. The number of hydrogen-bond donors (Lipinski definition) is 1. The largest absolute Gasteiger partial charge is 0.497 e. The highest BCUT2D eigenvalue weighted by atomic mass is 35.5. The molecule has 4 aromatic rings. The summed E-state index contributed by atoms with van der Waals surface area (Å²) in [6, 6.07) is 21.9. The Morgan fingerprint density at radius 1 is 1.00 bits per heavy atom. The van der Waals surface area contributed by atoms with Crippen LogP contribution in [-0.4, -0.2) is 22.6 Å². The minimum absolute atomic E-state index is 0.212. The van der Waals surface area contributed by atoms with Gasteiger partial charge < -0.3 is 4.74 Å². The molecule has 0 bridgehead atoms. The first-order valence-corrected chi connectivity index (χ1v) is 10.3. The van der Waals surface area contributed by atoms with E-state index in [9.17, 15) is 4.79 Å². The van der Waals surface area contributed by atoms with Crippen molar-refractivity contribution in [1.82, 2.24) is 9.78 Å². The van der Waals surface area contributed by atoms with Crippen molar-refractivity contribution in [2.45, 2.75) is 6.92 Å². The molecule has 1 heterocycles. The van der Waals surface area contributed by atoms with E-state index in [2.05, 4.69) is 10.1 Å². The fourth-order valence-corrected chi connectivity index (χ4v) is 3.63. The minimum Gasteiger partial charge on any atom is -0.497 e. The van der Waals surface area contributed by atoms with E-state index in [1.54, 1.807) is 32.2 Å². The molecule has 4 rings (SSSR count). The smallest absolute Gasteiger partial charge is 0.280 e. The van der Waals surface area contributed by atoms with E-state index in [0.717, 1.165) is 17.0 Å². The van der Waals surface area contributed by atoms with Gasteiger partial charge in [0.25, 0.3) is 5.56 Å². The van der Waals surface area contributed by atoms with Crippen LogP contribution in [0.15, 0.2) is 82.6 Å². The van der Waals surface area contributed by atoms with Gasteiger partial charge in [0, 0.05) is 10.6 Å². The summed E-state index contributed by atoms with van der Waals surface area (Å²) in [6.45, 7) is 1.78. The number of H-pyrrole nitrogens is 1. The van der Waals surface area contributed by atoms with E-state index in [-0.39, 0.29) is 5.56 Å². The number of aliphatic imine (C=N–C) groups is 1. The van der Waals surface area contributed by atoms with Crippen LogP contribution in [-0.2, 0) is 0 Å². The Morgan fingerprint density at radius 2 is 1.71 bits per heavy atom. The van der Waals surface area contributed by atoms with Gasteiger partial charge in [-0.15, -0.1) is 0 Å². The summed E-state index contributed by atoms with van der Waals surface area (Å²) in [5, 5.41) is 4.20. The molecule has 0 amide bonds. The lowest BCUT2D eigenvalue weighted by Crippen LogP contribution is -2.19. The molecule has 1 N–H and O–H groups in total. The van der Waals surface area contributed by atoms with Crippen molar-refractivity contribution < 1.29 is 4.74 Å². The van der Waals surface area contributed by atoms with Gasteiger partial charge in [-0.1, -0.05) is 41.4 Å². The summed E-state index contributed by atoms with van der Waals surface area (Å²) in [6.07, 6.45) is 0. The Labute approximate surface area is 189 Å². The SMILES string of the molecule is COc1ccc(-c2[nH]n(-c3ccccc3)c(=O)c2C(C)=Nc2cc(Cl)ccc2Cl)cc1. The standard InChI is InChI=1S/C24H19Cl2N3O2/c1-15(27-21-14-17(25)10-13-20(21)26)22-23(16-8-11-19(31-2)12-9-16)28-29(24(22)30)18-6-4-3-5-7-18/h3-14,28H,1-2H3. The number of methoxy groups -OCH3 is 1. The van der Waals surface area contributed by atoms with Crippen LogP contribution in [0.1, 0.15) is 12.5 Å². The molecular weight excluding hydrogens is 433 g/mol. The van der Waals surface area contributed by atoms with Gasteiger partial charge >= 0.3 is 0 Å². The molecule has 1 aromatic heterocycles. The quantitative estimate of drug-likeness (QED) is 0.362. The average Bonchev–Trinajstić information content (AvgIpc) is 3.14. The summed E-state index contributed by atoms with van der Waals surface area (Å²) < 4.78 is 6.76. The highest BCUT2D eigenvalue weighted by molar-refractivity contribution is 6.35. The zero-order chi connectivity index (χ0) is 22.0. The maximum absolute atomic E-state index is 13.4. The number of aromatic amines is 1. The Balaban J connectivity index is 1.92.